The number of rotatable bonds is 3. The number of amides is 1. The Balaban J connectivity index is 2.34. The maximum atomic E-state index is 13.1. The van der Waals surface area contributed by atoms with Crippen molar-refractivity contribution in [3.63, 3.8) is 0 Å². The van der Waals surface area contributed by atoms with Crippen LogP contribution < -0.4 is 15.4 Å². The highest BCUT2D eigenvalue weighted by molar-refractivity contribution is 5.97. The largest absolute Gasteiger partial charge is 0.492 e. The lowest BCUT2D eigenvalue weighted by Gasteiger charge is -2.19. The van der Waals surface area contributed by atoms with E-state index in [1.807, 2.05) is 6.92 Å². The lowest BCUT2D eigenvalue weighted by atomic mass is 10.2. The first-order valence-electron chi connectivity index (χ1n) is 5.60. The first kappa shape index (κ1) is 11.9. The molecule has 0 aliphatic carbocycles. The second-order valence-corrected chi connectivity index (χ2v) is 4.01. The van der Waals surface area contributed by atoms with E-state index in [9.17, 15) is 9.18 Å². The van der Waals surface area contributed by atoms with E-state index in [0.29, 0.717) is 31.0 Å². The molecule has 2 rings (SSSR count). The molecular weight excluding hydrogens is 223 g/mol. The number of carbonyl (C=O) groups is 1. The number of nitrogens with zero attached hydrogens (tertiary/aromatic N) is 1. The molecule has 0 radical (unpaired) electrons. The molecule has 1 unspecified atom stereocenters. The van der Waals surface area contributed by atoms with E-state index in [-0.39, 0.29) is 17.8 Å². The summed E-state index contributed by atoms with van der Waals surface area (Å²) in [6.07, 6.45) is 0.322. The van der Waals surface area contributed by atoms with Crippen molar-refractivity contribution in [3.05, 3.63) is 24.0 Å². The number of ether oxygens (including phenoxy) is 1. The average molecular weight is 238 g/mol. The van der Waals surface area contributed by atoms with Gasteiger partial charge in [-0.25, -0.2) is 4.39 Å². The quantitative estimate of drug-likeness (QED) is 0.863. The standard InChI is InChI=1S/C12H15FN2O2/c1-2-17-11-5-8(13)3-4-10(11)15-7-9(14)6-12(15)16/h3-5,9H,2,6-7,14H2,1H3. The van der Waals surface area contributed by atoms with Gasteiger partial charge in [0.15, 0.2) is 0 Å². The zero-order valence-corrected chi connectivity index (χ0v) is 9.65. The zero-order valence-electron chi connectivity index (χ0n) is 9.65. The summed E-state index contributed by atoms with van der Waals surface area (Å²) >= 11 is 0. The summed E-state index contributed by atoms with van der Waals surface area (Å²) in [5, 5.41) is 0. The fraction of sp³-hybridized carbons (Fsp3) is 0.417. The third-order valence-corrected chi connectivity index (χ3v) is 2.67. The molecule has 1 aliphatic heterocycles. The number of benzene rings is 1. The van der Waals surface area contributed by atoms with E-state index >= 15 is 0 Å². The van der Waals surface area contributed by atoms with Crippen molar-refractivity contribution < 1.29 is 13.9 Å². The minimum atomic E-state index is -0.381. The summed E-state index contributed by atoms with van der Waals surface area (Å²) in [4.78, 5) is 13.3. The Morgan fingerprint density at radius 3 is 2.94 bits per heavy atom. The van der Waals surface area contributed by atoms with Gasteiger partial charge in [0.05, 0.1) is 12.3 Å². The van der Waals surface area contributed by atoms with Crippen molar-refractivity contribution in [1.82, 2.24) is 0 Å². The fourth-order valence-electron chi connectivity index (χ4n) is 1.95. The molecule has 2 N–H and O–H groups in total. The van der Waals surface area contributed by atoms with Gasteiger partial charge in [0.25, 0.3) is 0 Å². The lowest BCUT2D eigenvalue weighted by Crippen LogP contribution is -2.28. The summed E-state index contributed by atoms with van der Waals surface area (Å²) in [5.74, 6) is -0.0480. The van der Waals surface area contributed by atoms with E-state index in [0.717, 1.165) is 0 Å². The summed E-state index contributed by atoms with van der Waals surface area (Å²) in [5.41, 5.74) is 6.32. The molecule has 92 valence electrons. The molecule has 0 aromatic heterocycles. The van der Waals surface area contributed by atoms with Gasteiger partial charge in [-0.3, -0.25) is 4.79 Å². The molecule has 1 aromatic rings. The van der Waals surface area contributed by atoms with Crippen LogP contribution in [0.1, 0.15) is 13.3 Å². The third-order valence-electron chi connectivity index (χ3n) is 2.67. The lowest BCUT2D eigenvalue weighted by molar-refractivity contribution is -0.117. The van der Waals surface area contributed by atoms with Gasteiger partial charge in [-0.1, -0.05) is 0 Å². The van der Waals surface area contributed by atoms with Gasteiger partial charge >= 0.3 is 0 Å². The molecule has 1 heterocycles. The molecule has 1 saturated heterocycles. The van der Waals surface area contributed by atoms with Crippen molar-refractivity contribution in [2.45, 2.75) is 19.4 Å². The predicted octanol–water partition coefficient (Wildman–Crippen LogP) is 1.29. The van der Waals surface area contributed by atoms with Gasteiger partial charge in [-0.2, -0.15) is 0 Å². The van der Waals surface area contributed by atoms with Crippen LogP contribution in [-0.2, 0) is 4.79 Å². The van der Waals surface area contributed by atoms with Crippen molar-refractivity contribution in [2.24, 2.45) is 5.73 Å². The van der Waals surface area contributed by atoms with Crippen LogP contribution in [0, 0.1) is 5.82 Å². The van der Waals surface area contributed by atoms with E-state index in [4.69, 9.17) is 10.5 Å². The summed E-state index contributed by atoms with van der Waals surface area (Å²) in [7, 11) is 0. The molecule has 17 heavy (non-hydrogen) atoms. The monoisotopic (exact) mass is 238 g/mol. The maximum Gasteiger partial charge on any atom is 0.228 e. The molecule has 0 bridgehead atoms. The van der Waals surface area contributed by atoms with E-state index in [1.54, 1.807) is 11.0 Å². The van der Waals surface area contributed by atoms with Gasteiger partial charge < -0.3 is 15.4 Å². The highest BCUT2D eigenvalue weighted by Gasteiger charge is 2.30. The van der Waals surface area contributed by atoms with Crippen LogP contribution in [0.25, 0.3) is 0 Å². The molecule has 0 saturated carbocycles. The molecule has 5 heteroatoms. The molecule has 1 amide bonds. The van der Waals surface area contributed by atoms with Crippen molar-refractivity contribution >= 4 is 11.6 Å². The van der Waals surface area contributed by atoms with Gasteiger partial charge in [0, 0.05) is 25.1 Å². The van der Waals surface area contributed by atoms with Crippen molar-refractivity contribution in [3.8, 4) is 5.75 Å². The Morgan fingerprint density at radius 1 is 1.59 bits per heavy atom. The Labute approximate surface area is 99.2 Å². The van der Waals surface area contributed by atoms with E-state index < -0.39 is 0 Å². The number of anilines is 1. The molecule has 1 aromatic carbocycles. The zero-order chi connectivity index (χ0) is 12.4. The Hall–Kier alpha value is -1.62. The van der Waals surface area contributed by atoms with Crippen LogP contribution in [0.3, 0.4) is 0 Å². The van der Waals surface area contributed by atoms with Crippen LogP contribution in [0.2, 0.25) is 0 Å². The molecule has 4 nitrogen and oxygen atoms in total. The highest BCUT2D eigenvalue weighted by Crippen LogP contribution is 2.31. The number of hydrogen-bond acceptors (Lipinski definition) is 3. The van der Waals surface area contributed by atoms with Crippen LogP contribution in [-0.4, -0.2) is 25.1 Å². The van der Waals surface area contributed by atoms with Crippen LogP contribution in [0.5, 0.6) is 5.75 Å². The molecule has 1 aliphatic rings. The SMILES string of the molecule is CCOc1cc(F)ccc1N1CC(N)CC1=O. The average Bonchev–Trinajstić information content (AvgIpc) is 2.59. The van der Waals surface area contributed by atoms with Crippen LogP contribution >= 0.6 is 0 Å². The normalized spacial score (nSPS) is 19.8. The topological polar surface area (TPSA) is 55.6 Å². The van der Waals surface area contributed by atoms with Gasteiger partial charge in [-0.05, 0) is 19.1 Å². The first-order chi connectivity index (χ1) is 8.11. The van der Waals surface area contributed by atoms with Crippen molar-refractivity contribution in [1.29, 1.82) is 0 Å². The summed E-state index contributed by atoms with van der Waals surface area (Å²) in [6.45, 7) is 2.68. The number of carbonyl (C=O) groups excluding carboxylic acids is 1. The summed E-state index contributed by atoms with van der Waals surface area (Å²) in [6, 6.07) is 3.99. The third kappa shape index (κ3) is 2.39. The van der Waals surface area contributed by atoms with E-state index in [1.165, 1.54) is 12.1 Å². The second-order valence-electron chi connectivity index (χ2n) is 4.01. The molecular formula is C12H15FN2O2. The molecule has 1 atom stereocenters. The Bertz CT molecular complexity index is 437. The van der Waals surface area contributed by atoms with Gasteiger partial charge in [0.1, 0.15) is 11.6 Å². The predicted molar refractivity (Wildman–Crippen MR) is 62.5 cm³/mol. The van der Waals surface area contributed by atoms with Crippen LogP contribution in [0.4, 0.5) is 10.1 Å². The number of hydrogen-bond donors (Lipinski definition) is 1. The van der Waals surface area contributed by atoms with Gasteiger partial charge in [-0.15, -0.1) is 0 Å². The maximum absolute atomic E-state index is 13.1. The van der Waals surface area contributed by atoms with Gasteiger partial charge in [0.2, 0.25) is 5.91 Å². The fourth-order valence-corrected chi connectivity index (χ4v) is 1.95. The number of nitrogens with two attached hydrogens (primary N) is 1. The van der Waals surface area contributed by atoms with Crippen molar-refractivity contribution in [2.75, 3.05) is 18.1 Å². The van der Waals surface area contributed by atoms with Crippen LogP contribution in [0.15, 0.2) is 18.2 Å². The molecule has 1 fully saturated rings. The van der Waals surface area contributed by atoms with E-state index in [2.05, 4.69) is 0 Å². The Kier molecular flexibility index (Phi) is 3.28. The number of halogens is 1. The summed E-state index contributed by atoms with van der Waals surface area (Å²) < 4.78 is 18.5. The smallest absolute Gasteiger partial charge is 0.228 e. The minimum Gasteiger partial charge on any atom is -0.492 e. The second kappa shape index (κ2) is 4.71. The molecule has 0 spiro atoms. The Morgan fingerprint density at radius 2 is 2.35 bits per heavy atom. The first-order valence-corrected chi connectivity index (χ1v) is 5.60. The highest BCUT2D eigenvalue weighted by atomic mass is 19.1. The minimum absolute atomic E-state index is 0.0509.